The van der Waals surface area contributed by atoms with E-state index in [2.05, 4.69) is 20.7 Å². The lowest BCUT2D eigenvalue weighted by molar-refractivity contribution is 0.0589. The summed E-state index contributed by atoms with van der Waals surface area (Å²) in [6, 6.07) is 1.37. The first-order valence-corrected chi connectivity index (χ1v) is 4.78. The largest absolute Gasteiger partial charge is 0.478 e. The van der Waals surface area contributed by atoms with Crippen molar-refractivity contribution in [2.75, 3.05) is 7.11 Å². The number of hydrogen-bond donors (Lipinski definition) is 1. The number of ether oxygens (including phenoxy) is 1. The van der Waals surface area contributed by atoms with Crippen LogP contribution < -0.4 is 0 Å². The highest BCUT2D eigenvalue weighted by molar-refractivity contribution is 9.11. The van der Waals surface area contributed by atoms with E-state index in [1.807, 2.05) is 0 Å². The molecule has 0 aliphatic rings. The van der Waals surface area contributed by atoms with E-state index in [-0.39, 0.29) is 10.4 Å². The summed E-state index contributed by atoms with van der Waals surface area (Å²) in [7, 11) is 1.21. The Morgan fingerprint density at radius 3 is 2.69 bits per heavy atom. The Morgan fingerprint density at radius 2 is 2.23 bits per heavy atom. The van der Waals surface area contributed by atoms with E-state index >= 15 is 0 Å². The third kappa shape index (κ3) is 2.07. The molecule has 0 aromatic carbocycles. The van der Waals surface area contributed by atoms with E-state index in [0.717, 1.165) is 11.3 Å². The van der Waals surface area contributed by atoms with Crippen LogP contribution in [0.5, 0.6) is 0 Å². The number of aromatic carboxylic acids is 1. The summed E-state index contributed by atoms with van der Waals surface area (Å²) >= 11 is 4.13. The molecular formula is C7H5BrO4S. The highest BCUT2D eigenvalue weighted by Crippen LogP contribution is 2.27. The van der Waals surface area contributed by atoms with Crippen LogP contribution in [0.25, 0.3) is 0 Å². The lowest BCUT2D eigenvalue weighted by Gasteiger charge is -1.95. The summed E-state index contributed by atoms with van der Waals surface area (Å²) in [4.78, 5) is 21.8. The first-order valence-electron chi connectivity index (χ1n) is 3.17. The van der Waals surface area contributed by atoms with Gasteiger partial charge in [-0.25, -0.2) is 9.59 Å². The third-order valence-corrected chi connectivity index (χ3v) is 2.92. The summed E-state index contributed by atoms with van der Waals surface area (Å²) in [6.45, 7) is 0. The van der Waals surface area contributed by atoms with Gasteiger partial charge in [0.05, 0.1) is 16.5 Å². The molecule has 0 amide bonds. The molecule has 1 aromatic heterocycles. The van der Waals surface area contributed by atoms with E-state index < -0.39 is 11.9 Å². The fourth-order valence-electron chi connectivity index (χ4n) is 0.764. The van der Waals surface area contributed by atoms with Crippen molar-refractivity contribution in [3.63, 3.8) is 0 Å². The van der Waals surface area contributed by atoms with Crippen LogP contribution in [0.1, 0.15) is 20.0 Å². The molecule has 1 aromatic rings. The van der Waals surface area contributed by atoms with Gasteiger partial charge in [-0.05, 0) is 22.0 Å². The van der Waals surface area contributed by atoms with Crippen molar-refractivity contribution >= 4 is 39.2 Å². The van der Waals surface area contributed by atoms with Gasteiger partial charge in [0.25, 0.3) is 0 Å². The van der Waals surface area contributed by atoms with E-state index in [1.54, 1.807) is 0 Å². The summed E-state index contributed by atoms with van der Waals surface area (Å²) in [5.41, 5.74) is -0.0382. The molecule has 1 rings (SSSR count). The van der Waals surface area contributed by atoms with Gasteiger partial charge in [-0.2, -0.15) is 0 Å². The predicted octanol–water partition coefficient (Wildman–Crippen LogP) is 2.00. The minimum Gasteiger partial charge on any atom is -0.478 e. The van der Waals surface area contributed by atoms with Gasteiger partial charge >= 0.3 is 11.9 Å². The number of methoxy groups -OCH3 is 1. The molecule has 13 heavy (non-hydrogen) atoms. The number of halogens is 1. The van der Waals surface area contributed by atoms with Crippen molar-refractivity contribution in [3.05, 3.63) is 20.3 Å². The molecule has 4 nitrogen and oxygen atoms in total. The molecule has 70 valence electrons. The standard InChI is InChI=1S/C7H5BrO4S/c1-12-7(11)5-3(6(9)10)2-4(8)13-5/h2H,1H3,(H,9,10). The topological polar surface area (TPSA) is 63.6 Å². The van der Waals surface area contributed by atoms with Gasteiger partial charge in [-0.15, -0.1) is 11.3 Å². The van der Waals surface area contributed by atoms with E-state index in [4.69, 9.17) is 5.11 Å². The number of rotatable bonds is 2. The first kappa shape index (κ1) is 10.2. The van der Waals surface area contributed by atoms with Gasteiger partial charge < -0.3 is 9.84 Å². The van der Waals surface area contributed by atoms with Crippen LogP contribution >= 0.6 is 27.3 Å². The van der Waals surface area contributed by atoms with Crippen LogP contribution in [-0.4, -0.2) is 24.2 Å². The second-order valence-electron chi connectivity index (χ2n) is 2.09. The van der Waals surface area contributed by atoms with Crippen LogP contribution in [0.2, 0.25) is 0 Å². The molecule has 0 spiro atoms. The Balaban J connectivity index is 3.19. The molecule has 0 aliphatic heterocycles. The van der Waals surface area contributed by atoms with Crippen LogP contribution in [0.15, 0.2) is 9.85 Å². The smallest absolute Gasteiger partial charge is 0.348 e. The zero-order valence-electron chi connectivity index (χ0n) is 6.54. The number of carbonyl (C=O) groups is 2. The highest BCUT2D eigenvalue weighted by atomic mass is 79.9. The maximum atomic E-state index is 11.1. The molecule has 1 N–H and O–H groups in total. The Morgan fingerprint density at radius 1 is 1.62 bits per heavy atom. The molecule has 0 unspecified atom stereocenters. The van der Waals surface area contributed by atoms with Gasteiger partial charge in [0, 0.05) is 0 Å². The molecule has 1 heterocycles. The molecule has 0 radical (unpaired) electrons. The molecule has 0 atom stereocenters. The van der Waals surface area contributed by atoms with Crippen LogP contribution in [0.4, 0.5) is 0 Å². The van der Waals surface area contributed by atoms with E-state index in [0.29, 0.717) is 3.79 Å². The zero-order valence-corrected chi connectivity index (χ0v) is 8.94. The zero-order chi connectivity index (χ0) is 10.0. The number of hydrogen-bond acceptors (Lipinski definition) is 4. The minimum atomic E-state index is -1.14. The average Bonchev–Trinajstić information content (AvgIpc) is 2.46. The fourth-order valence-corrected chi connectivity index (χ4v) is 2.27. The molecule has 6 heteroatoms. The number of carboxylic acid groups (broad SMARTS) is 1. The van der Waals surface area contributed by atoms with Crippen molar-refractivity contribution in [2.24, 2.45) is 0 Å². The molecule has 0 fully saturated rings. The number of esters is 1. The van der Waals surface area contributed by atoms with E-state index in [9.17, 15) is 9.59 Å². The minimum absolute atomic E-state index is 0.0382. The van der Waals surface area contributed by atoms with Crippen molar-refractivity contribution in [1.82, 2.24) is 0 Å². The molecule has 0 saturated carbocycles. The number of carboxylic acids is 1. The number of thiophene rings is 1. The van der Waals surface area contributed by atoms with Crippen LogP contribution in [0.3, 0.4) is 0 Å². The maximum Gasteiger partial charge on any atom is 0.348 e. The lowest BCUT2D eigenvalue weighted by Crippen LogP contribution is -2.05. The molecule has 0 saturated heterocycles. The normalized spacial score (nSPS) is 9.69. The van der Waals surface area contributed by atoms with Crippen LogP contribution in [-0.2, 0) is 4.74 Å². The van der Waals surface area contributed by atoms with Crippen molar-refractivity contribution in [3.8, 4) is 0 Å². The van der Waals surface area contributed by atoms with Gasteiger partial charge in [0.15, 0.2) is 0 Å². The SMILES string of the molecule is COC(=O)c1sc(Br)cc1C(=O)O. The first-order chi connectivity index (χ1) is 6.06. The second-order valence-corrected chi connectivity index (χ2v) is 4.52. The van der Waals surface area contributed by atoms with Crippen molar-refractivity contribution in [2.45, 2.75) is 0 Å². The summed E-state index contributed by atoms with van der Waals surface area (Å²) in [6.07, 6.45) is 0. The Hall–Kier alpha value is -0.880. The summed E-state index contributed by atoms with van der Waals surface area (Å²) in [5.74, 6) is -1.77. The fraction of sp³-hybridized carbons (Fsp3) is 0.143. The van der Waals surface area contributed by atoms with Crippen LogP contribution in [0, 0.1) is 0 Å². The van der Waals surface area contributed by atoms with Crippen molar-refractivity contribution < 1.29 is 19.4 Å². The van der Waals surface area contributed by atoms with Gasteiger partial charge in [-0.3, -0.25) is 0 Å². The summed E-state index contributed by atoms with van der Waals surface area (Å²) in [5, 5.41) is 8.70. The van der Waals surface area contributed by atoms with Gasteiger partial charge in [0.2, 0.25) is 0 Å². The Bertz CT molecular complexity index is 357. The van der Waals surface area contributed by atoms with Gasteiger partial charge in [-0.1, -0.05) is 0 Å². The van der Waals surface area contributed by atoms with Crippen molar-refractivity contribution in [1.29, 1.82) is 0 Å². The number of carbonyl (C=O) groups excluding carboxylic acids is 1. The second kappa shape index (κ2) is 3.89. The predicted molar refractivity (Wildman–Crippen MR) is 50.3 cm³/mol. The molecule has 0 aliphatic carbocycles. The molecular weight excluding hydrogens is 260 g/mol. The highest BCUT2D eigenvalue weighted by Gasteiger charge is 2.20. The average molecular weight is 265 g/mol. The maximum absolute atomic E-state index is 11.1. The lowest BCUT2D eigenvalue weighted by atomic mass is 10.2. The molecule has 0 bridgehead atoms. The Kier molecular flexibility index (Phi) is 3.05. The monoisotopic (exact) mass is 264 g/mol. The quantitative estimate of drug-likeness (QED) is 0.830. The summed E-state index contributed by atoms with van der Waals surface area (Å²) < 4.78 is 5.02. The van der Waals surface area contributed by atoms with E-state index in [1.165, 1.54) is 13.2 Å². The third-order valence-electron chi connectivity index (χ3n) is 1.30. The Labute approximate surface area is 86.3 Å². The van der Waals surface area contributed by atoms with Gasteiger partial charge in [0.1, 0.15) is 4.88 Å².